The van der Waals surface area contributed by atoms with Gasteiger partial charge in [-0.1, -0.05) is 18.2 Å². The van der Waals surface area contributed by atoms with Crippen LogP contribution in [0.1, 0.15) is 20.9 Å². The molecule has 0 bridgehead atoms. The first-order valence-electron chi connectivity index (χ1n) is 7.53. The van der Waals surface area contributed by atoms with Crippen molar-refractivity contribution in [1.82, 2.24) is 4.98 Å². The van der Waals surface area contributed by atoms with Gasteiger partial charge in [-0.2, -0.15) is 0 Å². The minimum absolute atomic E-state index is 0.0213. The lowest BCUT2D eigenvalue weighted by atomic mass is 10.1. The molecule has 7 heteroatoms. The third-order valence-electron chi connectivity index (χ3n) is 3.73. The summed E-state index contributed by atoms with van der Waals surface area (Å²) in [6, 6.07) is 11.7. The number of aromatic nitrogens is 1. The Morgan fingerprint density at radius 2 is 1.88 bits per heavy atom. The highest BCUT2D eigenvalue weighted by molar-refractivity contribution is 7.09. The summed E-state index contributed by atoms with van der Waals surface area (Å²) >= 11 is 1.57. The number of aryl methyl sites for hydroxylation is 2. The molecule has 6 nitrogen and oxygen atoms in total. The number of nitro benzene ring substituents is 1. The number of carbonyl (C=O) groups is 1. The summed E-state index contributed by atoms with van der Waals surface area (Å²) in [4.78, 5) is 27.3. The van der Waals surface area contributed by atoms with Gasteiger partial charge in [0.1, 0.15) is 0 Å². The molecule has 0 spiro atoms. The second-order valence-corrected chi connectivity index (χ2v) is 6.60. The van der Waals surface area contributed by atoms with Crippen molar-refractivity contribution in [2.24, 2.45) is 0 Å². The molecule has 0 aliphatic rings. The van der Waals surface area contributed by atoms with Gasteiger partial charge in [-0.3, -0.25) is 14.9 Å². The van der Waals surface area contributed by atoms with Crippen molar-refractivity contribution >= 4 is 28.6 Å². The Bertz CT molecular complexity index is 948. The number of hydrogen-bond acceptors (Lipinski definition) is 5. The fraction of sp³-hybridized carbons (Fsp3) is 0.111. The topological polar surface area (TPSA) is 85.1 Å². The molecule has 0 aliphatic heterocycles. The maximum atomic E-state index is 12.3. The van der Waals surface area contributed by atoms with Crippen LogP contribution in [0.15, 0.2) is 47.8 Å². The number of nitrogens with zero attached hydrogens (tertiary/aromatic N) is 2. The van der Waals surface area contributed by atoms with Crippen molar-refractivity contribution in [3.8, 4) is 11.3 Å². The van der Waals surface area contributed by atoms with Gasteiger partial charge in [-0.15, -0.1) is 11.3 Å². The van der Waals surface area contributed by atoms with Gasteiger partial charge in [-0.25, -0.2) is 4.98 Å². The molecule has 3 aromatic rings. The Balaban J connectivity index is 1.77. The number of thiazole rings is 1. The fourth-order valence-corrected chi connectivity index (χ4v) is 3.00. The number of rotatable bonds is 4. The van der Waals surface area contributed by atoms with Crippen LogP contribution in [0.25, 0.3) is 11.3 Å². The molecule has 0 fully saturated rings. The molecule has 1 N–H and O–H groups in total. The molecule has 0 radical (unpaired) electrons. The minimum Gasteiger partial charge on any atom is -0.322 e. The Labute approximate surface area is 148 Å². The van der Waals surface area contributed by atoms with Crippen LogP contribution in [0.5, 0.6) is 0 Å². The average Bonchev–Trinajstić information content (AvgIpc) is 3.03. The van der Waals surface area contributed by atoms with E-state index < -0.39 is 4.92 Å². The second-order valence-electron chi connectivity index (χ2n) is 5.54. The van der Waals surface area contributed by atoms with E-state index >= 15 is 0 Å². The van der Waals surface area contributed by atoms with E-state index in [9.17, 15) is 14.9 Å². The van der Waals surface area contributed by atoms with Crippen molar-refractivity contribution in [3.05, 3.63) is 74.1 Å². The number of benzene rings is 2. The van der Waals surface area contributed by atoms with Crippen molar-refractivity contribution in [2.45, 2.75) is 13.8 Å². The number of carbonyl (C=O) groups excluding carboxylic acids is 1. The molecule has 0 atom stereocenters. The third-order valence-corrected chi connectivity index (χ3v) is 4.50. The number of anilines is 1. The summed E-state index contributed by atoms with van der Waals surface area (Å²) in [5.41, 5.74) is 3.20. The molecule has 0 saturated heterocycles. The zero-order chi connectivity index (χ0) is 18.0. The summed E-state index contributed by atoms with van der Waals surface area (Å²) in [5, 5.41) is 16.6. The van der Waals surface area contributed by atoms with Gasteiger partial charge < -0.3 is 5.32 Å². The standard InChI is InChI=1S/C18H15N3O3S/c1-11-3-8-15(9-17(11)21(23)24)20-18(22)14-6-4-13(5-7-14)16-10-25-12(2)19-16/h3-10H,1-2H3,(H,20,22). The van der Waals surface area contributed by atoms with E-state index in [0.717, 1.165) is 16.3 Å². The van der Waals surface area contributed by atoms with Crippen LogP contribution in [0.3, 0.4) is 0 Å². The molecule has 25 heavy (non-hydrogen) atoms. The second kappa shape index (κ2) is 6.82. The van der Waals surface area contributed by atoms with Crippen LogP contribution in [-0.4, -0.2) is 15.8 Å². The van der Waals surface area contributed by atoms with Gasteiger partial charge in [0.05, 0.1) is 15.6 Å². The average molecular weight is 353 g/mol. The summed E-state index contributed by atoms with van der Waals surface area (Å²) in [7, 11) is 0. The van der Waals surface area contributed by atoms with Gasteiger partial charge in [0.15, 0.2) is 0 Å². The summed E-state index contributed by atoms with van der Waals surface area (Å²) in [5.74, 6) is -0.320. The van der Waals surface area contributed by atoms with Crippen LogP contribution in [-0.2, 0) is 0 Å². The summed E-state index contributed by atoms with van der Waals surface area (Å²) in [6.45, 7) is 3.60. The molecular formula is C18H15N3O3S. The van der Waals surface area contributed by atoms with E-state index in [0.29, 0.717) is 16.8 Å². The smallest absolute Gasteiger partial charge is 0.274 e. The molecule has 3 rings (SSSR count). The molecule has 0 aliphatic carbocycles. The van der Waals surface area contributed by atoms with Crippen LogP contribution < -0.4 is 5.32 Å². The normalized spacial score (nSPS) is 10.5. The highest BCUT2D eigenvalue weighted by Crippen LogP contribution is 2.24. The first-order chi connectivity index (χ1) is 11.9. The van der Waals surface area contributed by atoms with Gasteiger partial charge in [0.2, 0.25) is 0 Å². The molecular weight excluding hydrogens is 338 g/mol. The zero-order valence-electron chi connectivity index (χ0n) is 13.6. The predicted octanol–water partition coefficient (Wildman–Crippen LogP) is 4.59. The van der Waals surface area contributed by atoms with E-state index in [1.807, 2.05) is 24.4 Å². The van der Waals surface area contributed by atoms with Gasteiger partial charge in [0, 0.05) is 33.8 Å². The molecule has 1 amide bonds. The number of hydrogen-bond donors (Lipinski definition) is 1. The monoisotopic (exact) mass is 353 g/mol. The molecule has 1 aromatic heterocycles. The molecule has 0 unspecified atom stereocenters. The lowest BCUT2D eigenvalue weighted by Crippen LogP contribution is -2.12. The molecule has 1 heterocycles. The fourth-order valence-electron chi connectivity index (χ4n) is 2.38. The van der Waals surface area contributed by atoms with Gasteiger partial charge >= 0.3 is 0 Å². The van der Waals surface area contributed by atoms with E-state index in [1.54, 1.807) is 42.5 Å². The maximum absolute atomic E-state index is 12.3. The van der Waals surface area contributed by atoms with E-state index in [-0.39, 0.29) is 11.6 Å². The molecule has 2 aromatic carbocycles. The van der Waals surface area contributed by atoms with Gasteiger partial charge in [-0.05, 0) is 32.0 Å². The first-order valence-corrected chi connectivity index (χ1v) is 8.41. The Kier molecular flexibility index (Phi) is 4.58. The summed E-state index contributed by atoms with van der Waals surface area (Å²) < 4.78 is 0. The maximum Gasteiger partial charge on any atom is 0.274 e. The van der Waals surface area contributed by atoms with Crippen molar-refractivity contribution in [3.63, 3.8) is 0 Å². The van der Waals surface area contributed by atoms with Crippen LogP contribution in [0.4, 0.5) is 11.4 Å². The lowest BCUT2D eigenvalue weighted by molar-refractivity contribution is -0.385. The number of amides is 1. The van der Waals surface area contributed by atoms with Crippen molar-refractivity contribution in [2.75, 3.05) is 5.32 Å². The molecule has 126 valence electrons. The number of nitrogens with one attached hydrogen (secondary N) is 1. The summed E-state index contributed by atoms with van der Waals surface area (Å²) in [6.07, 6.45) is 0. The third kappa shape index (κ3) is 3.72. The van der Waals surface area contributed by atoms with Gasteiger partial charge in [0.25, 0.3) is 11.6 Å². The van der Waals surface area contributed by atoms with E-state index in [1.165, 1.54) is 6.07 Å². The quantitative estimate of drug-likeness (QED) is 0.549. The van der Waals surface area contributed by atoms with E-state index in [4.69, 9.17) is 0 Å². The SMILES string of the molecule is Cc1nc(-c2ccc(C(=O)Nc3ccc(C)c([N+](=O)[O-])c3)cc2)cs1. The van der Waals surface area contributed by atoms with Crippen molar-refractivity contribution in [1.29, 1.82) is 0 Å². The van der Waals surface area contributed by atoms with Crippen molar-refractivity contribution < 1.29 is 9.72 Å². The van der Waals surface area contributed by atoms with Crippen LogP contribution in [0, 0.1) is 24.0 Å². The number of nitro groups is 1. The molecule has 0 saturated carbocycles. The Hall–Kier alpha value is -3.06. The first kappa shape index (κ1) is 16.8. The largest absolute Gasteiger partial charge is 0.322 e. The highest BCUT2D eigenvalue weighted by Gasteiger charge is 2.13. The Morgan fingerprint density at radius 1 is 1.16 bits per heavy atom. The zero-order valence-corrected chi connectivity index (χ0v) is 14.5. The van der Waals surface area contributed by atoms with Crippen LogP contribution in [0.2, 0.25) is 0 Å². The highest BCUT2D eigenvalue weighted by atomic mass is 32.1. The van der Waals surface area contributed by atoms with Crippen LogP contribution >= 0.6 is 11.3 Å². The minimum atomic E-state index is -0.463. The van der Waals surface area contributed by atoms with E-state index in [2.05, 4.69) is 10.3 Å². The predicted molar refractivity (Wildman–Crippen MR) is 98.1 cm³/mol. The Morgan fingerprint density at radius 3 is 2.48 bits per heavy atom. The lowest BCUT2D eigenvalue weighted by Gasteiger charge is -2.07.